The van der Waals surface area contributed by atoms with Crippen LogP contribution in [0.25, 0.3) is 11.0 Å². The maximum absolute atomic E-state index is 12.6. The van der Waals surface area contributed by atoms with Crippen LogP contribution in [0.15, 0.2) is 58.5 Å². The van der Waals surface area contributed by atoms with Crippen LogP contribution in [0.3, 0.4) is 0 Å². The molecule has 4 rings (SSSR count). The van der Waals surface area contributed by atoms with Crippen molar-refractivity contribution in [2.75, 3.05) is 0 Å². The van der Waals surface area contributed by atoms with Gasteiger partial charge in [0.1, 0.15) is 17.9 Å². The molecule has 160 valence electrons. The van der Waals surface area contributed by atoms with Crippen LogP contribution in [0.1, 0.15) is 16.8 Å². The van der Waals surface area contributed by atoms with Gasteiger partial charge in [0.2, 0.25) is 0 Å². The number of aromatic nitrogens is 3. The molecule has 4 nitrogen and oxygen atoms in total. The molecule has 11 heteroatoms. The molecule has 0 saturated carbocycles. The van der Waals surface area contributed by atoms with Gasteiger partial charge in [-0.05, 0) is 23.8 Å². The van der Waals surface area contributed by atoms with Gasteiger partial charge in [-0.3, -0.25) is 4.98 Å². The average molecular weight is 494 g/mol. The lowest BCUT2D eigenvalue weighted by molar-refractivity contribution is -0.137. The lowest BCUT2D eigenvalue weighted by Crippen LogP contribution is -2.05. The van der Waals surface area contributed by atoms with Crippen molar-refractivity contribution in [1.29, 1.82) is 0 Å². The number of fused-ring (bicyclic) bond motifs is 1. The number of thiophene rings is 1. The summed E-state index contributed by atoms with van der Waals surface area (Å²) in [6.45, 7) is 0.184. The second-order valence-corrected chi connectivity index (χ2v) is 7.68. The Balaban J connectivity index is 0.00000160. The standard InChI is InChI=1S/C19H14F3N3OS2.2ClH/c20-19(21,22)13-3-1-12(2-4-13)8-26-15-5-6-23-14(7-15)9-28-18-24-16-10-27-11-17(16)25-18;;/h1-7,10-11H,8-9H2,(H,24,25);2*1H. The molecule has 0 aliphatic carbocycles. The van der Waals surface area contributed by atoms with Crippen molar-refractivity contribution in [3.8, 4) is 5.75 Å². The van der Waals surface area contributed by atoms with Crippen molar-refractivity contribution < 1.29 is 17.9 Å². The van der Waals surface area contributed by atoms with E-state index in [1.807, 2.05) is 16.8 Å². The van der Waals surface area contributed by atoms with Crippen molar-refractivity contribution in [2.45, 2.75) is 23.7 Å². The summed E-state index contributed by atoms with van der Waals surface area (Å²) in [6, 6.07) is 8.50. The minimum absolute atomic E-state index is 0. The van der Waals surface area contributed by atoms with E-state index < -0.39 is 11.7 Å². The summed E-state index contributed by atoms with van der Waals surface area (Å²) < 4.78 is 43.5. The molecule has 1 N–H and O–H groups in total. The first kappa shape index (κ1) is 24.3. The highest BCUT2D eigenvalue weighted by Gasteiger charge is 2.29. The zero-order valence-corrected chi connectivity index (χ0v) is 18.4. The molecular formula is C19H16Cl2F3N3OS2. The number of halogens is 5. The maximum Gasteiger partial charge on any atom is 0.416 e. The Labute approximate surface area is 191 Å². The second kappa shape index (κ2) is 10.4. The highest BCUT2D eigenvalue weighted by Crippen LogP contribution is 2.29. The van der Waals surface area contributed by atoms with Crippen LogP contribution in [0, 0.1) is 0 Å². The fourth-order valence-corrected chi connectivity index (χ4v) is 3.99. The number of benzene rings is 1. The van der Waals surface area contributed by atoms with E-state index in [1.54, 1.807) is 35.4 Å². The second-order valence-electron chi connectivity index (χ2n) is 5.97. The number of hydrogen-bond acceptors (Lipinski definition) is 5. The third kappa shape index (κ3) is 6.04. The van der Waals surface area contributed by atoms with E-state index in [4.69, 9.17) is 4.74 Å². The van der Waals surface area contributed by atoms with Gasteiger partial charge < -0.3 is 9.72 Å². The van der Waals surface area contributed by atoms with Crippen molar-refractivity contribution in [2.24, 2.45) is 0 Å². The zero-order valence-electron chi connectivity index (χ0n) is 15.2. The SMILES string of the molecule is Cl.Cl.FC(F)(F)c1ccc(COc2ccnc(CSc3nc4cscc4[nH]3)c2)cc1. The summed E-state index contributed by atoms with van der Waals surface area (Å²) in [5.41, 5.74) is 2.80. The number of nitrogens with zero attached hydrogens (tertiary/aromatic N) is 2. The van der Waals surface area contributed by atoms with E-state index >= 15 is 0 Å². The summed E-state index contributed by atoms with van der Waals surface area (Å²) in [5, 5.41) is 4.83. The molecule has 0 fully saturated rings. The molecule has 0 radical (unpaired) electrons. The maximum atomic E-state index is 12.6. The summed E-state index contributed by atoms with van der Waals surface area (Å²) >= 11 is 3.15. The third-order valence-corrected chi connectivity index (χ3v) is 5.57. The summed E-state index contributed by atoms with van der Waals surface area (Å²) in [5.74, 6) is 1.24. The Kier molecular flexibility index (Phi) is 8.42. The number of ether oxygens (including phenoxy) is 1. The number of nitrogens with one attached hydrogen (secondary N) is 1. The van der Waals surface area contributed by atoms with Gasteiger partial charge in [0.15, 0.2) is 5.16 Å². The highest BCUT2D eigenvalue weighted by atomic mass is 35.5. The molecule has 0 atom stereocenters. The molecule has 1 aromatic carbocycles. The van der Waals surface area contributed by atoms with Gasteiger partial charge >= 0.3 is 6.18 Å². The van der Waals surface area contributed by atoms with E-state index in [-0.39, 0.29) is 31.4 Å². The van der Waals surface area contributed by atoms with Crippen molar-refractivity contribution in [1.82, 2.24) is 15.0 Å². The molecule has 0 amide bonds. The molecule has 0 aliphatic heterocycles. The van der Waals surface area contributed by atoms with Crippen LogP contribution < -0.4 is 4.74 Å². The fourth-order valence-electron chi connectivity index (χ4n) is 2.52. The topological polar surface area (TPSA) is 50.8 Å². The van der Waals surface area contributed by atoms with E-state index in [9.17, 15) is 13.2 Å². The lowest BCUT2D eigenvalue weighted by Gasteiger charge is -2.09. The van der Waals surface area contributed by atoms with Crippen molar-refractivity contribution in [3.05, 3.63) is 70.2 Å². The minimum atomic E-state index is -4.33. The monoisotopic (exact) mass is 493 g/mol. The number of rotatable bonds is 6. The highest BCUT2D eigenvalue weighted by molar-refractivity contribution is 7.98. The number of hydrogen-bond donors (Lipinski definition) is 1. The van der Waals surface area contributed by atoms with E-state index in [1.165, 1.54) is 12.1 Å². The number of H-pyrrole nitrogens is 1. The van der Waals surface area contributed by atoms with E-state index in [2.05, 4.69) is 15.0 Å². The predicted molar refractivity (Wildman–Crippen MR) is 118 cm³/mol. The third-order valence-electron chi connectivity index (χ3n) is 3.94. The van der Waals surface area contributed by atoms with Gasteiger partial charge in [-0.1, -0.05) is 23.9 Å². The molecule has 0 unspecified atom stereocenters. The van der Waals surface area contributed by atoms with Crippen LogP contribution in [0.5, 0.6) is 5.75 Å². The Morgan fingerprint density at radius 1 is 1.07 bits per heavy atom. The largest absolute Gasteiger partial charge is 0.489 e. The normalized spacial score (nSPS) is 11.0. The first-order valence-electron chi connectivity index (χ1n) is 8.26. The van der Waals surface area contributed by atoms with Crippen molar-refractivity contribution in [3.63, 3.8) is 0 Å². The van der Waals surface area contributed by atoms with Crippen LogP contribution in [0.4, 0.5) is 13.2 Å². The predicted octanol–water partition coefficient (Wildman–Crippen LogP) is 6.75. The van der Waals surface area contributed by atoms with Gasteiger partial charge in [-0.25, -0.2) is 4.98 Å². The number of thioether (sulfide) groups is 1. The van der Waals surface area contributed by atoms with Crippen LogP contribution in [0.2, 0.25) is 0 Å². The Morgan fingerprint density at radius 2 is 1.83 bits per heavy atom. The number of aromatic amines is 1. The van der Waals surface area contributed by atoms with Crippen LogP contribution >= 0.6 is 47.9 Å². The minimum Gasteiger partial charge on any atom is -0.489 e. The first-order chi connectivity index (χ1) is 13.5. The van der Waals surface area contributed by atoms with Gasteiger partial charge in [0.05, 0.1) is 16.8 Å². The van der Waals surface area contributed by atoms with Crippen LogP contribution in [-0.2, 0) is 18.5 Å². The molecule has 4 aromatic rings. The molecule has 3 heterocycles. The summed E-state index contributed by atoms with van der Waals surface area (Å²) in [4.78, 5) is 12.1. The first-order valence-corrected chi connectivity index (χ1v) is 10.2. The molecule has 0 spiro atoms. The summed E-state index contributed by atoms with van der Waals surface area (Å²) in [7, 11) is 0. The fraction of sp³-hybridized carbons (Fsp3) is 0.158. The average Bonchev–Trinajstić information content (AvgIpc) is 3.26. The molecule has 0 saturated heterocycles. The van der Waals surface area contributed by atoms with E-state index in [0.29, 0.717) is 17.1 Å². The van der Waals surface area contributed by atoms with Crippen molar-refractivity contribution >= 4 is 58.9 Å². The molecule has 0 bridgehead atoms. The number of pyridine rings is 1. The van der Waals surface area contributed by atoms with Crippen LogP contribution in [-0.4, -0.2) is 15.0 Å². The smallest absolute Gasteiger partial charge is 0.416 e. The van der Waals surface area contributed by atoms with Gasteiger partial charge in [-0.15, -0.1) is 36.2 Å². The Bertz CT molecular complexity index is 1060. The molecule has 0 aliphatic rings. The molecule has 3 aromatic heterocycles. The van der Waals surface area contributed by atoms with Gasteiger partial charge in [0, 0.05) is 28.8 Å². The number of imidazole rings is 1. The lowest BCUT2D eigenvalue weighted by atomic mass is 10.1. The van der Waals surface area contributed by atoms with Gasteiger partial charge in [0.25, 0.3) is 0 Å². The Hall–Kier alpha value is -1.94. The molecule has 30 heavy (non-hydrogen) atoms. The Morgan fingerprint density at radius 3 is 2.53 bits per heavy atom. The number of alkyl halides is 3. The summed E-state index contributed by atoms with van der Waals surface area (Å²) in [6.07, 6.45) is -2.68. The van der Waals surface area contributed by atoms with Gasteiger partial charge in [-0.2, -0.15) is 13.2 Å². The van der Waals surface area contributed by atoms with E-state index in [0.717, 1.165) is 34.0 Å². The zero-order chi connectivity index (χ0) is 19.6. The quantitative estimate of drug-likeness (QED) is 0.301. The molecular weight excluding hydrogens is 478 g/mol.